The largest absolute Gasteiger partial charge is 0.493 e. The Morgan fingerprint density at radius 1 is 1.33 bits per heavy atom. The Morgan fingerprint density at radius 2 is 2.04 bits per heavy atom. The molecule has 2 rings (SSSR count). The van der Waals surface area contributed by atoms with Gasteiger partial charge in [0.1, 0.15) is 0 Å². The molecule has 1 aliphatic rings. The van der Waals surface area contributed by atoms with Crippen LogP contribution < -0.4 is 15.2 Å². The van der Waals surface area contributed by atoms with Gasteiger partial charge in [0, 0.05) is 19.0 Å². The Balaban J connectivity index is 0.00000364. The number of halogens is 4. The van der Waals surface area contributed by atoms with Crippen LogP contribution in [0, 0.1) is 5.92 Å². The Hall–Kier alpha value is -1.67. The van der Waals surface area contributed by atoms with Crippen LogP contribution in [0.2, 0.25) is 0 Å². The number of amides is 1. The van der Waals surface area contributed by atoms with Gasteiger partial charge in [0.25, 0.3) is 0 Å². The van der Waals surface area contributed by atoms with Gasteiger partial charge in [-0.2, -0.15) is 13.2 Å². The number of likely N-dealkylation sites (tertiary alicyclic amines) is 1. The molecule has 1 aliphatic heterocycles. The summed E-state index contributed by atoms with van der Waals surface area (Å²) in [6.45, 7) is 1.90. The Labute approximate surface area is 163 Å². The molecule has 0 bridgehead atoms. The Morgan fingerprint density at radius 3 is 2.59 bits per heavy atom. The van der Waals surface area contributed by atoms with Crippen molar-refractivity contribution in [1.82, 2.24) is 4.90 Å². The van der Waals surface area contributed by atoms with E-state index in [0.717, 1.165) is 12.0 Å². The van der Waals surface area contributed by atoms with E-state index in [1.54, 1.807) is 12.1 Å². The van der Waals surface area contributed by atoms with E-state index in [0.29, 0.717) is 31.8 Å². The first kappa shape index (κ1) is 23.4. The number of benzene rings is 1. The predicted molar refractivity (Wildman–Crippen MR) is 98.4 cm³/mol. The highest BCUT2D eigenvalue weighted by molar-refractivity contribution is 5.85. The van der Waals surface area contributed by atoms with Gasteiger partial charge in [-0.3, -0.25) is 4.79 Å². The molecule has 1 amide bonds. The fourth-order valence-electron chi connectivity index (χ4n) is 3.20. The molecule has 2 atom stereocenters. The van der Waals surface area contributed by atoms with Crippen LogP contribution in [-0.2, 0) is 11.2 Å². The van der Waals surface area contributed by atoms with Gasteiger partial charge >= 0.3 is 6.18 Å². The van der Waals surface area contributed by atoms with Gasteiger partial charge in [0.2, 0.25) is 5.91 Å². The molecule has 27 heavy (non-hydrogen) atoms. The smallest absolute Gasteiger partial charge is 0.422 e. The van der Waals surface area contributed by atoms with Crippen LogP contribution in [-0.4, -0.2) is 49.8 Å². The standard InChI is InChI=1S/C18H25F3N2O3.ClH/c1-12-7-14(9-22)10-23(12)17(24)6-4-13-3-5-15(16(8-13)25-2)26-11-18(19,20)21;/h3,5,8,12,14H,4,6-7,9-11,22H2,1-2H3;1H. The number of carbonyl (C=O) groups excluding carboxylic acids is 1. The number of alkyl halides is 3. The number of aryl methyl sites for hydroxylation is 1. The number of rotatable bonds is 7. The summed E-state index contributed by atoms with van der Waals surface area (Å²) >= 11 is 0. The molecule has 1 fully saturated rings. The van der Waals surface area contributed by atoms with Crippen molar-refractivity contribution in [2.75, 3.05) is 26.8 Å². The molecule has 154 valence electrons. The van der Waals surface area contributed by atoms with E-state index in [4.69, 9.17) is 15.2 Å². The third kappa shape index (κ3) is 6.77. The summed E-state index contributed by atoms with van der Waals surface area (Å²) in [6.07, 6.45) is -2.69. The van der Waals surface area contributed by atoms with Gasteiger partial charge in [-0.15, -0.1) is 12.4 Å². The molecule has 2 N–H and O–H groups in total. The predicted octanol–water partition coefficient (Wildman–Crippen LogP) is 3.19. The SMILES string of the molecule is COc1cc(CCC(=O)N2CC(CN)CC2C)ccc1OCC(F)(F)F.Cl. The minimum absolute atomic E-state index is 0. The molecule has 0 radical (unpaired) electrons. The maximum atomic E-state index is 12.4. The lowest BCUT2D eigenvalue weighted by molar-refractivity contribution is -0.153. The maximum absolute atomic E-state index is 12.4. The fraction of sp³-hybridized carbons (Fsp3) is 0.611. The van der Waals surface area contributed by atoms with Crippen LogP contribution in [0.3, 0.4) is 0 Å². The Bertz CT molecular complexity index is 628. The highest BCUT2D eigenvalue weighted by Gasteiger charge is 2.31. The molecule has 0 spiro atoms. The summed E-state index contributed by atoms with van der Waals surface area (Å²) in [5, 5.41) is 0. The number of carbonyl (C=O) groups is 1. The van der Waals surface area contributed by atoms with Crippen molar-refractivity contribution >= 4 is 18.3 Å². The molecule has 1 saturated heterocycles. The zero-order valence-electron chi connectivity index (χ0n) is 15.4. The highest BCUT2D eigenvalue weighted by atomic mass is 35.5. The molecule has 2 unspecified atom stereocenters. The van der Waals surface area contributed by atoms with E-state index in [9.17, 15) is 18.0 Å². The van der Waals surface area contributed by atoms with E-state index in [1.165, 1.54) is 13.2 Å². The summed E-state index contributed by atoms with van der Waals surface area (Å²) in [4.78, 5) is 14.3. The molecule has 9 heteroatoms. The molecule has 1 aromatic carbocycles. The van der Waals surface area contributed by atoms with Crippen LogP contribution in [0.15, 0.2) is 18.2 Å². The van der Waals surface area contributed by atoms with E-state index in [2.05, 4.69) is 0 Å². The van der Waals surface area contributed by atoms with Gasteiger partial charge < -0.3 is 20.1 Å². The third-order valence-corrected chi connectivity index (χ3v) is 4.56. The monoisotopic (exact) mass is 410 g/mol. The van der Waals surface area contributed by atoms with Crippen LogP contribution in [0.4, 0.5) is 13.2 Å². The molecule has 5 nitrogen and oxygen atoms in total. The topological polar surface area (TPSA) is 64.8 Å². The zero-order chi connectivity index (χ0) is 19.3. The normalized spacial score (nSPS) is 19.6. The lowest BCUT2D eigenvalue weighted by Crippen LogP contribution is -2.34. The second-order valence-electron chi connectivity index (χ2n) is 6.62. The summed E-state index contributed by atoms with van der Waals surface area (Å²) < 4.78 is 46.7. The summed E-state index contributed by atoms with van der Waals surface area (Å²) in [5.74, 6) is 0.653. The second kappa shape index (κ2) is 10.0. The van der Waals surface area contributed by atoms with Gasteiger partial charge in [0.15, 0.2) is 18.1 Å². The Kier molecular flexibility index (Phi) is 8.68. The summed E-state index contributed by atoms with van der Waals surface area (Å²) in [5.41, 5.74) is 6.49. The van der Waals surface area contributed by atoms with Gasteiger partial charge in [0.05, 0.1) is 7.11 Å². The molecule has 1 aromatic rings. The fourth-order valence-corrected chi connectivity index (χ4v) is 3.20. The first-order valence-electron chi connectivity index (χ1n) is 8.59. The van der Waals surface area contributed by atoms with Crippen LogP contribution in [0.5, 0.6) is 11.5 Å². The zero-order valence-corrected chi connectivity index (χ0v) is 16.2. The number of ether oxygens (including phenoxy) is 2. The van der Waals surface area contributed by atoms with E-state index >= 15 is 0 Å². The number of nitrogens with two attached hydrogens (primary N) is 1. The van der Waals surface area contributed by atoms with E-state index in [1.807, 2.05) is 11.8 Å². The van der Waals surface area contributed by atoms with Crippen molar-refractivity contribution in [3.05, 3.63) is 23.8 Å². The lowest BCUT2D eigenvalue weighted by atomic mass is 10.1. The minimum atomic E-state index is -4.41. The quantitative estimate of drug-likeness (QED) is 0.749. The molecular weight excluding hydrogens is 385 g/mol. The van der Waals surface area contributed by atoms with Gasteiger partial charge in [-0.05, 0) is 49.9 Å². The first-order valence-corrected chi connectivity index (χ1v) is 8.59. The molecule has 0 aromatic heterocycles. The van der Waals surface area contributed by atoms with Gasteiger partial charge in [-0.1, -0.05) is 6.07 Å². The average molecular weight is 411 g/mol. The summed E-state index contributed by atoms with van der Waals surface area (Å²) in [7, 11) is 1.36. The average Bonchev–Trinajstić information content (AvgIpc) is 2.98. The minimum Gasteiger partial charge on any atom is -0.493 e. The van der Waals surface area contributed by atoms with Crippen molar-refractivity contribution in [3.8, 4) is 11.5 Å². The van der Waals surface area contributed by atoms with Crippen molar-refractivity contribution in [2.45, 2.75) is 38.4 Å². The molecule has 0 aliphatic carbocycles. The van der Waals surface area contributed by atoms with Gasteiger partial charge in [-0.25, -0.2) is 0 Å². The third-order valence-electron chi connectivity index (χ3n) is 4.56. The van der Waals surface area contributed by atoms with Crippen molar-refractivity contribution < 1.29 is 27.4 Å². The molecule has 0 saturated carbocycles. The van der Waals surface area contributed by atoms with Crippen LogP contribution in [0.1, 0.15) is 25.3 Å². The second-order valence-corrected chi connectivity index (χ2v) is 6.62. The molecular formula is C18H26ClF3N2O3. The highest BCUT2D eigenvalue weighted by Crippen LogP contribution is 2.30. The van der Waals surface area contributed by atoms with E-state index in [-0.39, 0.29) is 35.9 Å². The van der Waals surface area contributed by atoms with Crippen LogP contribution >= 0.6 is 12.4 Å². The number of hydrogen-bond acceptors (Lipinski definition) is 4. The van der Waals surface area contributed by atoms with Crippen molar-refractivity contribution in [1.29, 1.82) is 0 Å². The van der Waals surface area contributed by atoms with Crippen molar-refractivity contribution in [3.63, 3.8) is 0 Å². The van der Waals surface area contributed by atoms with Crippen LogP contribution in [0.25, 0.3) is 0 Å². The van der Waals surface area contributed by atoms with Crippen molar-refractivity contribution in [2.24, 2.45) is 11.7 Å². The number of hydrogen-bond donors (Lipinski definition) is 1. The number of methoxy groups -OCH3 is 1. The molecule has 1 heterocycles. The number of nitrogens with zero attached hydrogens (tertiary/aromatic N) is 1. The summed E-state index contributed by atoms with van der Waals surface area (Å²) in [6, 6.07) is 4.88. The first-order chi connectivity index (χ1) is 12.2. The lowest BCUT2D eigenvalue weighted by Gasteiger charge is -2.21. The maximum Gasteiger partial charge on any atom is 0.422 e. The van der Waals surface area contributed by atoms with E-state index < -0.39 is 12.8 Å².